The zero-order chi connectivity index (χ0) is 12.6. The summed E-state index contributed by atoms with van der Waals surface area (Å²) < 4.78 is 0. The number of nitrogens with one attached hydrogen (secondary N) is 1. The number of aryl methyl sites for hydroxylation is 1. The van der Waals surface area contributed by atoms with Crippen molar-refractivity contribution in [2.45, 2.75) is 45.1 Å². The summed E-state index contributed by atoms with van der Waals surface area (Å²) in [6.07, 6.45) is 5.05. The van der Waals surface area contributed by atoms with Gasteiger partial charge in [-0.3, -0.25) is 0 Å². The highest BCUT2D eigenvalue weighted by Crippen LogP contribution is 2.34. The Hall–Kier alpha value is -1.64. The maximum atomic E-state index is 4.35. The van der Waals surface area contributed by atoms with Crippen LogP contribution in [-0.2, 0) is 0 Å². The van der Waals surface area contributed by atoms with Crippen LogP contribution in [0.25, 0.3) is 10.8 Å². The first-order chi connectivity index (χ1) is 8.68. The molecule has 18 heavy (non-hydrogen) atoms. The first-order valence-electron chi connectivity index (χ1n) is 6.68. The molecule has 0 amide bonds. The van der Waals surface area contributed by atoms with Crippen LogP contribution in [0.2, 0.25) is 0 Å². The molecule has 0 radical (unpaired) electrons. The SMILES string of the molecule is Cc1nnc(NC2(C)CCCC2)c2ccccc12. The predicted octanol–water partition coefficient (Wildman–Crippen LogP) is 3.68. The van der Waals surface area contributed by atoms with Crippen LogP contribution in [-0.4, -0.2) is 15.7 Å². The van der Waals surface area contributed by atoms with Crippen LogP contribution in [0.1, 0.15) is 38.3 Å². The summed E-state index contributed by atoms with van der Waals surface area (Å²) in [6, 6.07) is 8.35. The van der Waals surface area contributed by atoms with E-state index in [1.165, 1.54) is 36.5 Å². The summed E-state index contributed by atoms with van der Waals surface area (Å²) in [6.45, 7) is 4.30. The number of anilines is 1. The van der Waals surface area contributed by atoms with E-state index in [0.717, 1.165) is 11.5 Å². The van der Waals surface area contributed by atoms with Gasteiger partial charge in [0.2, 0.25) is 0 Å². The summed E-state index contributed by atoms with van der Waals surface area (Å²) >= 11 is 0. The van der Waals surface area contributed by atoms with Crippen molar-refractivity contribution in [2.75, 3.05) is 5.32 Å². The standard InChI is InChI=1S/C15H19N3/c1-11-12-7-3-4-8-13(12)14(18-17-11)16-15(2)9-5-6-10-15/h3-4,7-8H,5-6,9-10H2,1-2H3,(H,16,18). The zero-order valence-electron chi connectivity index (χ0n) is 11.0. The van der Waals surface area contributed by atoms with Gasteiger partial charge in [0.25, 0.3) is 0 Å². The van der Waals surface area contributed by atoms with Gasteiger partial charge in [-0.15, -0.1) is 5.10 Å². The molecule has 94 valence electrons. The van der Waals surface area contributed by atoms with Crippen molar-refractivity contribution < 1.29 is 0 Å². The Morgan fingerprint density at radius 3 is 2.44 bits per heavy atom. The smallest absolute Gasteiger partial charge is 0.157 e. The minimum absolute atomic E-state index is 0.187. The Labute approximate surface area is 108 Å². The molecule has 0 bridgehead atoms. The highest BCUT2D eigenvalue weighted by atomic mass is 15.2. The molecule has 1 aliphatic carbocycles. The summed E-state index contributed by atoms with van der Waals surface area (Å²) in [7, 11) is 0. The molecule has 3 rings (SSSR count). The van der Waals surface area contributed by atoms with Gasteiger partial charge in [-0.25, -0.2) is 0 Å². The topological polar surface area (TPSA) is 37.8 Å². The fourth-order valence-electron chi connectivity index (χ4n) is 2.90. The van der Waals surface area contributed by atoms with Gasteiger partial charge in [-0.05, 0) is 26.7 Å². The van der Waals surface area contributed by atoms with Gasteiger partial charge < -0.3 is 5.32 Å². The minimum Gasteiger partial charge on any atom is -0.363 e. The number of nitrogens with zero attached hydrogens (tertiary/aromatic N) is 2. The second-order valence-electron chi connectivity index (χ2n) is 5.57. The van der Waals surface area contributed by atoms with E-state index in [1.807, 2.05) is 6.92 Å². The summed E-state index contributed by atoms with van der Waals surface area (Å²) in [4.78, 5) is 0. The van der Waals surface area contributed by atoms with Gasteiger partial charge in [0, 0.05) is 16.3 Å². The summed E-state index contributed by atoms with van der Waals surface area (Å²) in [5.41, 5.74) is 1.18. The Kier molecular flexibility index (Phi) is 2.69. The molecule has 0 spiro atoms. The first kappa shape index (κ1) is 11.5. The molecular formula is C15H19N3. The molecule has 3 heteroatoms. The number of hydrogen-bond acceptors (Lipinski definition) is 3. The maximum Gasteiger partial charge on any atom is 0.157 e. The third-order valence-corrected chi connectivity index (χ3v) is 4.00. The largest absolute Gasteiger partial charge is 0.363 e. The van der Waals surface area contributed by atoms with Crippen LogP contribution in [0.5, 0.6) is 0 Å². The Bertz CT molecular complexity index is 571. The van der Waals surface area contributed by atoms with Crippen molar-refractivity contribution in [2.24, 2.45) is 0 Å². The lowest BCUT2D eigenvalue weighted by molar-refractivity contribution is 0.530. The van der Waals surface area contributed by atoms with E-state index in [9.17, 15) is 0 Å². The van der Waals surface area contributed by atoms with Crippen LogP contribution >= 0.6 is 0 Å². The van der Waals surface area contributed by atoms with E-state index in [-0.39, 0.29) is 5.54 Å². The summed E-state index contributed by atoms with van der Waals surface area (Å²) in [5.74, 6) is 0.931. The summed E-state index contributed by atoms with van der Waals surface area (Å²) in [5, 5.41) is 14.6. The van der Waals surface area contributed by atoms with E-state index >= 15 is 0 Å². The van der Waals surface area contributed by atoms with Gasteiger partial charge in [0.05, 0.1) is 5.69 Å². The molecule has 1 aromatic heterocycles. The van der Waals surface area contributed by atoms with Crippen molar-refractivity contribution in [3.8, 4) is 0 Å². The highest BCUT2D eigenvalue weighted by molar-refractivity contribution is 5.93. The highest BCUT2D eigenvalue weighted by Gasteiger charge is 2.29. The number of fused-ring (bicyclic) bond motifs is 1. The molecule has 1 saturated carbocycles. The molecule has 1 heterocycles. The van der Waals surface area contributed by atoms with Crippen LogP contribution < -0.4 is 5.32 Å². The van der Waals surface area contributed by atoms with E-state index in [4.69, 9.17) is 0 Å². The van der Waals surface area contributed by atoms with Crippen LogP contribution in [0.4, 0.5) is 5.82 Å². The average Bonchev–Trinajstić information content (AvgIpc) is 2.80. The van der Waals surface area contributed by atoms with Gasteiger partial charge in [0.15, 0.2) is 5.82 Å². The molecule has 0 saturated heterocycles. The fraction of sp³-hybridized carbons (Fsp3) is 0.467. The monoisotopic (exact) mass is 241 g/mol. The molecular weight excluding hydrogens is 222 g/mol. The van der Waals surface area contributed by atoms with E-state index in [1.54, 1.807) is 0 Å². The maximum absolute atomic E-state index is 4.35. The van der Waals surface area contributed by atoms with Crippen molar-refractivity contribution >= 4 is 16.6 Å². The number of aromatic nitrogens is 2. The minimum atomic E-state index is 0.187. The molecule has 0 aliphatic heterocycles. The molecule has 0 unspecified atom stereocenters. The van der Waals surface area contributed by atoms with E-state index in [2.05, 4.69) is 46.7 Å². The van der Waals surface area contributed by atoms with E-state index in [0.29, 0.717) is 0 Å². The molecule has 3 nitrogen and oxygen atoms in total. The number of benzene rings is 1. The van der Waals surface area contributed by atoms with Crippen molar-refractivity contribution in [1.82, 2.24) is 10.2 Å². The Morgan fingerprint density at radius 2 is 1.72 bits per heavy atom. The molecule has 0 atom stereocenters. The van der Waals surface area contributed by atoms with Crippen molar-refractivity contribution in [3.05, 3.63) is 30.0 Å². The lowest BCUT2D eigenvalue weighted by Gasteiger charge is -2.26. The number of hydrogen-bond donors (Lipinski definition) is 1. The number of rotatable bonds is 2. The zero-order valence-corrected chi connectivity index (χ0v) is 11.0. The van der Waals surface area contributed by atoms with Crippen LogP contribution in [0, 0.1) is 6.92 Å². The average molecular weight is 241 g/mol. The van der Waals surface area contributed by atoms with Crippen molar-refractivity contribution in [1.29, 1.82) is 0 Å². The van der Waals surface area contributed by atoms with Crippen LogP contribution in [0.3, 0.4) is 0 Å². The second kappa shape index (κ2) is 4.23. The Morgan fingerprint density at radius 1 is 1.06 bits per heavy atom. The van der Waals surface area contributed by atoms with Gasteiger partial charge >= 0.3 is 0 Å². The molecule has 1 aromatic carbocycles. The van der Waals surface area contributed by atoms with Gasteiger partial charge in [-0.2, -0.15) is 5.10 Å². The fourth-order valence-corrected chi connectivity index (χ4v) is 2.90. The quantitative estimate of drug-likeness (QED) is 0.871. The third-order valence-electron chi connectivity index (χ3n) is 4.00. The molecule has 1 fully saturated rings. The van der Waals surface area contributed by atoms with Gasteiger partial charge in [-0.1, -0.05) is 37.1 Å². The molecule has 2 aromatic rings. The lowest BCUT2D eigenvalue weighted by Crippen LogP contribution is -2.31. The Balaban J connectivity index is 2.04. The van der Waals surface area contributed by atoms with Gasteiger partial charge in [0.1, 0.15) is 0 Å². The normalized spacial score (nSPS) is 18.1. The van der Waals surface area contributed by atoms with Crippen molar-refractivity contribution in [3.63, 3.8) is 0 Å². The second-order valence-corrected chi connectivity index (χ2v) is 5.57. The van der Waals surface area contributed by atoms with Crippen LogP contribution in [0.15, 0.2) is 24.3 Å². The van der Waals surface area contributed by atoms with E-state index < -0.39 is 0 Å². The lowest BCUT2D eigenvalue weighted by atomic mass is 10.0. The first-order valence-corrected chi connectivity index (χ1v) is 6.68. The molecule has 1 aliphatic rings. The molecule has 1 N–H and O–H groups in total. The predicted molar refractivity (Wildman–Crippen MR) is 74.8 cm³/mol. The third kappa shape index (κ3) is 1.94.